The van der Waals surface area contributed by atoms with Crippen molar-refractivity contribution in [3.8, 4) is 5.75 Å². The molecular weight excluding hydrogens is 257 g/mol. The van der Waals surface area contributed by atoms with Crippen LogP contribution in [0.2, 0.25) is 0 Å². The molecule has 110 valence electrons. The van der Waals surface area contributed by atoms with Crippen molar-refractivity contribution in [3.05, 3.63) is 29.6 Å². The van der Waals surface area contributed by atoms with Crippen molar-refractivity contribution in [2.24, 2.45) is 5.92 Å². The number of ether oxygens (including phenoxy) is 2. The van der Waals surface area contributed by atoms with Crippen molar-refractivity contribution >= 4 is 0 Å². The molecule has 2 fully saturated rings. The second kappa shape index (κ2) is 6.55. The molecule has 0 spiro atoms. The molecule has 4 heteroatoms. The van der Waals surface area contributed by atoms with Crippen LogP contribution in [0.4, 0.5) is 4.39 Å². The van der Waals surface area contributed by atoms with Crippen LogP contribution >= 0.6 is 0 Å². The maximum atomic E-state index is 14.0. The summed E-state index contributed by atoms with van der Waals surface area (Å²) in [5.74, 6) is 0.596. The van der Waals surface area contributed by atoms with Crippen molar-refractivity contribution in [3.63, 3.8) is 0 Å². The smallest absolute Gasteiger partial charge is 0.165 e. The minimum Gasteiger partial charge on any atom is -0.490 e. The number of hydrogen-bond acceptors (Lipinski definition) is 3. The van der Waals surface area contributed by atoms with Gasteiger partial charge >= 0.3 is 0 Å². The average Bonchev–Trinajstić information content (AvgIpc) is 3.29. The molecule has 0 unspecified atom stereocenters. The van der Waals surface area contributed by atoms with Gasteiger partial charge in [0, 0.05) is 25.8 Å². The van der Waals surface area contributed by atoms with E-state index in [4.69, 9.17) is 9.47 Å². The summed E-state index contributed by atoms with van der Waals surface area (Å²) in [7, 11) is 0. The van der Waals surface area contributed by atoms with E-state index in [9.17, 15) is 4.39 Å². The van der Waals surface area contributed by atoms with Crippen LogP contribution in [-0.2, 0) is 11.3 Å². The molecule has 3 nitrogen and oxygen atoms in total. The number of benzene rings is 1. The summed E-state index contributed by atoms with van der Waals surface area (Å²) in [6, 6.07) is 5.91. The molecule has 1 saturated heterocycles. The lowest BCUT2D eigenvalue weighted by molar-refractivity contribution is 0.0491. The third kappa shape index (κ3) is 3.93. The van der Waals surface area contributed by atoms with Gasteiger partial charge in [-0.15, -0.1) is 0 Å². The van der Waals surface area contributed by atoms with Crippen LogP contribution in [0.5, 0.6) is 5.75 Å². The van der Waals surface area contributed by atoms with Gasteiger partial charge in [0.25, 0.3) is 0 Å². The summed E-state index contributed by atoms with van der Waals surface area (Å²) < 4.78 is 24.9. The molecule has 0 amide bonds. The Labute approximate surface area is 119 Å². The van der Waals surface area contributed by atoms with Crippen molar-refractivity contribution < 1.29 is 13.9 Å². The number of rotatable bonds is 6. The topological polar surface area (TPSA) is 30.5 Å². The normalized spacial score (nSPS) is 20.1. The minimum absolute atomic E-state index is 0.257. The van der Waals surface area contributed by atoms with Gasteiger partial charge in [0.1, 0.15) is 0 Å². The van der Waals surface area contributed by atoms with Gasteiger partial charge in [-0.3, -0.25) is 0 Å². The van der Waals surface area contributed by atoms with E-state index in [0.717, 1.165) is 38.2 Å². The van der Waals surface area contributed by atoms with Crippen LogP contribution in [0.25, 0.3) is 0 Å². The second-order valence-corrected chi connectivity index (χ2v) is 5.79. The first-order valence-corrected chi connectivity index (χ1v) is 7.53. The molecule has 2 aliphatic rings. The Balaban J connectivity index is 1.50. The highest BCUT2D eigenvalue weighted by Gasteiger charge is 2.20. The zero-order valence-electron chi connectivity index (χ0n) is 11.7. The fourth-order valence-corrected chi connectivity index (χ4v) is 2.44. The molecule has 1 aromatic rings. The Morgan fingerprint density at radius 1 is 1.20 bits per heavy atom. The van der Waals surface area contributed by atoms with E-state index in [-0.39, 0.29) is 5.82 Å². The monoisotopic (exact) mass is 279 g/mol. The average molecular weight is 279 g/mol. The highest BCUT2D eigenvalue weighted by atomic mass is 19.1. The largest absolute Gasteiger partial charge is 0.490 e. The Morgan fingerprint density at radius 2 is 2.00 bits per heavy atom. The van der Waals surface area contributed by atoms with Gasteiger partial charge in [0.05, 0.1) is 6.61 Å². The molecule has 1 saturated carbocycles. The van der Waals surface area contributed by atoms with Gasteiger partial charge in [-0.1, -0.05) is 6.07 Å². The molecule has 20 heavy (non-hydrogen) atoms. The van der Waals surface area contributed by atoms with Crippen LogP contribution < -0.4 is 10.1 Å². The summed E-state index contributed by atoms with van der Waals surface area (Å²) in [6.45, 7) is 2.91. The summed E-state index contributed by atoms with van der Waals surface area (Å²) in [4.78, 5) is 0. The van der Waals surface area contributed by atoms with E-state index in [1.54, 1.807) is 12.1 Å². The third-order valence-corrected chi connectivity index (χ3v) is 3.98. The zero-order chi connectivity index (χ0) is 13.8. The van der Waals surface area contributed by atoms with Crippen LogP contribution in [-0.4, -0.2) is 25.9 Å². The Kier molecular flexibility index (Phi) is 4.53. The van der Waals surface area contributed by atoms with Gasteiger partial charge in [-0.25, -0.2) is 4.39 Å². The standard InChI is InChI=1S/C16H22FNO2/c17-15-9-13(10-18-14-2-3-14)1-4-16(15)20-11-12-5-7-19-8-6-12/h1,4,9,12,14,18H,2-3,5-8,10-11H2. The lowest BCUT2D eigenvalue weighted by atomic mass is 10.0. The van der Waals surface area contributed by atoms with Gasteiger partial charge in [-0.05, 0) is 49.3 Å². The number of halogens is 1. The van der Waals surface area contributed by atoms with E-state index >= 15 is 0 Å². The maximum absolute atomic E-state index is 14.0. The summed E-state index contributed by atoms with van der Waals surface area (Å²) >= 11 is 0. The van der Waals surface area contributed by atoms with Crippen LogP contribution in [0.15, 0.2) is 18.2 Å². The molecule has 1 aromatic carbocycles. The maximum Gasteiger partial charge on any atom is 0.165 e. The van der Waals surface area contributed by atoms with Crippen LogP contribution in [0.1, 0.15) is 31.2 Å². The van der Waals surface area contributed by atoms with Gasteiger partial charge in [-0.2, -0.15) is 0 Å². The molecule has 0 aromatic heterocycles. The summed E-state index contributed by atoms with van der Waals surface area (Å²) in [5, 5.41) is 3.38. The van der Waals surface area contributed by atoms with E-state index in [0.29, 0.717) is 24.3 Å². The highest BCUT2D eigenvalue weighted by molar-refractivity contribution is 5.29. The Morgan fingerprint density at radius 3 is 2.70 bits per heavy atom. The summed E-state index contributed by atoms with van der Waals surface area (Å²) in [6.07, 6.45) is 4.50. The van der Waals surface area contributed by atoms with Crippen LogP contribution in [0.3, 0.4) is 0 Å². The quantitative estimate of drug-likeness (QED) is 0.868. The molecule has 0 bridgehead atoms. The predicted octanol–water partition coefficient (Wildman–Crippen LogP) is 2.88. The van der Waals surface area contributed by atoms with Gasteiger partial charge in [0.15, 0.2) is 11.6 Å². The molecule has 1 aliphatic carbocycles. The lowest BCUT2D eigenvalue weighted by Crippen LogP contribution is -2.21. The second-order valence-electron chi connectivity index (χ2n) is 5.79. The van der Waals surface area contributed by atoms with E-state index in [2.05, 4.69) is 5.32 Å². The predicted molar refractivity (Wildman–Crippen MR) is 75.3 cm³/mol. The zero-order valence-corrected chi connectivity index (χ0v) is 11.7. The van der Waals surface area contributed by atoms with Crippen molar-refractivity contribution in [1.29, 1.82) is 0 Å². The molecule has 1 aliphatic heterocycles. The van der Waals surface area contributed by atoms with Crippen molar-refractivity contribution in [2.75, 3.05) is 19.8 Å². The van der Waals surface area contributed by atoms with E-state index in [1.165, 1.54) is 12.8 Å². The van der Waals surface area contributed by atoms with Crippen molar-refractivity contribution in [1.82, 2.24) is 5.32 Å². The Hall–Kier alpha value is -1.13. The van der Waals surface area contributed by atoms with E-state index < -0.39 is 0 Å². The van der Waals surface area contributed by atoms with Crippen molar-refractivity contribution in [2.45, 2.75) is 38.3 Å². The molecular formula is C16H22FNO2. The first-order valence-electron chi connectivity index (χ1n) is 7.53. The first kappa shape index (κ1) is 13.8. The fourth-order valence-electron chi connectivity index (χ4n) is 2.44. The molecule has 0 radical (unpaired) electrons. The number of hydrogen-bond donors (Lipinski definition) is 1. The van der Waals surface area contributed by atoms with E-state index in [1.807, 2.05) is 6.07 Å². The SMILES string of the molecule is Fc1cc(CNC2CC2)ccc1OCC1CCOCC1. The Bertz CT molecular complexity index is 442. The number of nitrogens with one attached hydrogen (secondary N) is 1. The van der Waals surface area contributed by atoms with Crippen LogP contribution in [0, 0.1) is 11.7 Å². The fraction of sp³-hybridized carbons (Fsp3) is 0.625. The third-order valence-electron chi connectivity index (χ3n) is 3.98. The molecule has 3 rings (SSSR count). The highest BCUT2D eigenvalue weighted by Crippen LogP contribution is 2.23. The molecule has 1 N–H and O–H groups in total. The van der Waals surface area contributed by atoms with Gasteiger partial charge in [0.2, 0.25) is 0 Å². The molecule has 0 atom stereocenters. The minimum atomic E-state index is -0.257. The first-order chi connectivity index (χ1) is 9.81. The summed E-state index contributed by atoms with van der Waals surface area (Å²) in [5.41, 5.74) is 0.979. The molecule has 1 heterocycles. The lowest BCUT2D eigenvalue weighted by Gasteiger charge is -2.22. The van der Waals surface area contributed by atoms with Gasteiger partial charge < -0.3 is 14.8 Å².